The standard InChI is InChI=1S/C41H30N2/c1-28(30-14-4-3-5-15-30)24-29(2)31-25-32(42-38-20-10-6-16-34(38)35-17-7-11-21-39(35)42)27-33(26-31)43-40-22-12-8-18-36(40)37-19-9-13-23-41(37)43/h3-27H,1H2,2H3/b29-24+. The summed E-state index contributed by atoms with van der Waals surface area (Å²) in [6, 6.07) is 52.2. The third-order valence-electron chi connectivity index (χ3n) is 8.57. The first kappa shape index (κ1) is 25.1. The number of hydrogen-bond acceptors (Lipinski definition) is 0. The lowest BCUT2D eigenvalue weighted by Gasteiger charge is -2.16. The zero-order valence-corrected chi connectivity index (χ0v) is 24.0. The minimum absolute atomic E-state index is 0.999. The normalized spacial score (nSPS) is 12.1. The fourth-order valence-electron chi connectivity index (χ4n) is 6.56. The maximum atomic E-state index is 4.41. The van der Waals surface area contributed by atoms with E-state index in [1.54, 1.807) is 0 Å². The highest BCUT2D eigenvalue weighted by atomic mass is 15.0. The Morgan fingerprint density at radius 2 is 0.837 bits per heavy atom. The van der Waals surface area contributed by atoms with E-state index in [0.29, 0.717) is 0 Å². The molecule has 8 aromatic rings. The third-order valence-corrected chi connectivity index (χ3v) is 8.57. The van der Waals surface area contributed by atoms with E-state index in [2.05, 4.69) is 168 Å². The van der Waals surface area contributed by atoms with Gasteiger partial charge in [0.25, 0.3) is 0 Å². The summed E-state index contributed by atoms with van der Waals surface area (Å²) in [6.07, 6.45) is 2.20. The van der Waals surface area contributed by atoms with E-state index in [0.717, 1.165) is 28.1 Å². The molecule has 0 fully saturated rings. The van der Waals surface area contributed by atoms with Gasteiger partial charge in [-0.25, -0.2) is 0 Å². The molecule has 8 rings (SSSR count). The molecule has 6 aromatic carbocycles. The summed E-state index contributed by atoms with van der Waals surface area (Å²) >= 11 is 0. The molecule has 0 bridgehead atoms. The smallest absolute Gasteiger partial charge is 0.0541 e. The lowest BCUT2D eigenvalue weighted by atomic mass is 10.00. The van der Waals surface area contributed by atoms with Crippen LogP contribution in [-0.4, -0.2) is 9.13 Å². The van der Waals surface area contributed by atoms with Gasteiger partial charge in [-0.3, -0.25) is 0 Å². The van der Waals surface area contributed by atoms with Crippen molar-refractivity contribution in [3.05, 3.63) is 169 Å². The number of hydrogen-bond donors (Lipinski definition) is 0. The second-order valence-electron chi connectivity index (χ2n) is 11.2. The summed E-state index contributed by atoms with van der Waals surface area (Å²) in [5.74, 6) is 0. The van der Waals surface area contributed by atoms with Crippen LogP contribution in [0.3, 0.4) is 0 Å². The average Bonchev–Trinajstić information content (AvgIpc) is 3.58. The first-order valence-corrected chi connectivity index (χ1v) is 14.7. The van der Waals surface area contributed by atoms with Crippen molar-refractivity contribution < 1.29 is 0 Å². The van der Waals surface area contributed by atoms with Gasteiger partial charge in [0.15, 0.2) is 0 Å². The molecule has 2 nitrogen and oxygen atoms in total. The predicted molar refractivity (Wildman–Crippen MR) is 184 cm³/mol. The minimum Gasteiger partial charge on any atom is -0.309 e. The second kappa shape index (κ2) is 10.0. The van der Waals surface area contributed by atoms with Crippen LogP contribution < -0.4 is 0 Å². The Labute approximate surface area is 251 Å². The van der Waals surface area contributed by atoms with E-state index in [1.807, 2.05) is 6.07 Å². The van der Waals surface area contributed by atoms with Crippen molar-refractivity contribution in [2.24, 2.45) is 0 Å². The molecule has 2 heterocycles. The van der Waals surface area contributed by atoms with Gasteiger partial charge in [0.2, 0.25) is 0 Å². The molecule has 0 unspecified atom stereocenters. The van der Waals surface area contributed by atoms with Gasteiger partial charge >= 0.3 is 0 Å². The molecular formula is C41H30N2. The first-order chi connectivity index (χ1) is 21.2. The van der Waals surface area contributed by atoms with E-state index >= 15 is 0 Å². The van der Waals surface area contributed by atoms with Gasteiger partial charge in [0.05, 0.1) is 22.1 Å². The molecule has 2 heteroatoms. The molecular weight excluding hydrogens is 520 g/mol. The second-order valence-corrected chi connectivity index (χ2v) is 11.2. The topological polar surface area (TPSA) is 9.86 Å². The number of benzene rings is 6. The summed E-state index contributed by atoms with van der Waals surface area (Å²) in [5, 5.41) is 5.02. The van der Waals surface area contributed by atoms with E-state index in [9.17, 15) is 0 Å². The Morgan fingerprint density at radius 3 is 1.26 bits per heavy atom. The molecule has 0 saturated carbocycles. The van der Waals surface area contributed by atoms with Crippen molar-refractivity contribution in [2.45, 2.75) is 6.92 Å². The van der Waals surface area contributed by atoms with Crippen LogP contribution >= 0.6 is 0 Å². The summed E-state index contributed by atoms with van der Waals surface area (Å²) in [4.78, 5) is 0. The molecule has 0 saturated heterocycles. The van der Waals surface area contributed by atoms with Crippen LogP contribution in [0.1, 0.15) is 18.1 Å². The van der Waals surface area contributed by atoms with Crippen molar-refractivity contribution >= 4 is 54.8 Å². The number of para-hydroxylation sites is 4. The SMILES string of the molecule is C=C(/C=C(\C)c1cc(-n2c3ccccc3c3ccccc32)cc(-n2c3ccccc3c3ccccc32)c1)c1ccccc1. The maximum Gasteiger partial charge on any atom is 0.0541 e. The van der Waals surface area contributed by atoms with Gasteiger partial charge in [-0.05, 0) is 71.7 Å². The van der Waals surface area contributed by atoms with Crippen molar-refractivity contribution in [1.29, 1.82) is 0 Å². The highest BCUT2D eigenvalue weighted by Crippen LogP contribution is 2.37. The summed E-state index contributed by atoms with van der Waals surface area (Å²) in [6.45, 7) is 6.60. The first-order valence-electron chi connectivity index (χ1n) is 14.7. The Morgan fingerprint density at radius 1 is 0.465 bits per heavy atom. The van der Waals surface area contributed by atoms with E-state index in [4.69, 9.17) is 0 Å². The zero-order valence-electron chi connectivity index (χ0n) is 24.0. The number of aromatic nitrogens is 2. The monoisotopic (exact) mass is 550 g/mol. The lowest BCUT2D eigenvalue weighted by molar-refractivity contribution is 1.13. The fourth-order valence-corrected chi connectivity index (χ4v) is 6.56. The van der Waals surface area contributed by atoms with Crippen molar-refractivity contribution in [3.63, 3.8) is 0 Å². The van der Waals surface area contributed by atoms with E-state index in [1.165, 1.54) is 49.2 Å². The molecule has 0 aliphatic heterocycles. The van der Waals surface area contributed by atoms with Crippen LogP contribution in [-0.2, 0) is 0 Å². The van der Waals surface area contributed by atoms with E-state index < -0.39 is 0 Å². The number of fused-ring (bicyclic) bond motifs is 6. The predicted octanol–water partition coefficient (Wildman–Crippen LogP) is 11.0. The Bertz CT molecular complexity index is 2120. The molecule has 43 heavy (non-hydrogen) atoms. The fraction of sp³-hybridized carbons (Fsp3) is 0.0244. The van der Waals surface area contributed by atoms with Crippen molar-refractivity contribution in [3.8, 4) is 11.4 Å². The van der Waals surface area contributed by atoms with Crippen LogP contribution in [0, 0.1) is 0 Å². The van der Waals surface area contributed by atoms with E-state index in [-0.39, 0.29) is 0 Å². The molecule has 0 atom stereocenters. The number of nitrogens with zero attached hydrogens (tertiary/aromatic N) is 2. The van der Waals surface area contributed by atoms with Crippen LogP contribution in [0.4, 0.5) is 0 Å². The third kappa shape index (κ3) is 4.11. The molecule has 0 amide bonds. The molecule has 0 radical (unpaired) electrons. The number of allylic oxidation sites excluding steroid dienone is 3. The molecule has 0 N–H and O–H groups in total. The summed E-state index contributed by atoms with van der Waals surface area (Å²) in [7, 11) is 0. The minimum atomic E-state index is 0.999. The Kier molecular flexibility index (Phi) is 5.87. The highest BCUT2D eigenvalue weighted by Gasteiger charge is 2.17. The van der Waals surface area contributed by atoms with Crippen LogP contribution in [0.2, 0.25) is 0 Å². The molecule has 2 aromatic heterocycles. The van der Waals surface area contributed by atoms with Gasteiger partial charge in [-0.15, -0.1) is 0 Å². The Hall–Kier alpha value is -5.60. The van der Waals surface area contributed by atoms with Gasteiger partial charge < -0.3 is 9.13 Å². The van der Waals surface area contributed by atoms with Gasteiger partial charge in [-0.1, -0.05) is 116 Å². The van der Waals surface area contributed by atoms with Crippen molar-refractivity contribution in [1.82, 2.24) is 9.13 Å². The van der Waals surface area contributed by atoms with Crippen LogP contribution in [0.15, 0.2) is 158 Å². The van der Waals surface area contributed by atoms with Crippen molar-refractivity contribution in [2.75, 3.05) is 0 Å². The molecule has 0 aliphatic rings. The molecule has 0 aliphatic carbocycles. The largest absolute Gasteiger partial charge is 0.309 e. The molecule has 0 spiro atoms. The van der Waals surface area contributed by atoms with Gasteiger partial charge in [0, 0.05) is 32.9 Å². The van der Waals surface area contributed by atoms with Gasteiger partial charge in [0.1, 0.15) is 0 Å². The van der Waals surface area contributed by atoms with Crippen LogP contribution in [0.5, 0.6) is 0 Å². The van der Waals surface area contributed by atoms with Gasteiger partial charge in [-0.2, -0.15) is 0 Å². The number of rotatable bonds is 5. The summed E-state index contributed by atoms with van der Waals surface area (Å²) < 4.78 is 4.82. The molecule has 204 valence electrons. The maximum absolute atomic E-state index is 4.41. The average molecular weight is 551 g/mol. The lowest BCUT2D eigenvalue weighted by Crippen LogP contribution is -2.01. The Balaban J connectivity index is 1.43. The summed E-state index contributed by atoms with van der Waals surface area (Å²) in [5.41, 5.74) is 11.5. The zero-order chi connectivity index (χ0) is 28.9. The van der Waals surface area contributed by atoms with Crippen LogP contribution in [0.25, 0.3) is 66.1 Å². The highest BCUT2D eigenvalue weighted by molar-refractivity contribution is 6.10. The quantitative estimate of drug-likeness (QED) is 0.189.